The van der Waals surface area contributed by atoms with Gasteiger partial charge in [0.2, 0.25) is 0 Å². The Kier molecular flexibility index (Phi) is 6.19. The Morgan fingerprint density at radius 3 is 2.74 bits per heavy atom. The molecule has 1 aromatic heterocycles. The molecule has 6 heteroatoms. The summed E-state index contributed by atoms with van der Waals surface area (Å²) < 4.78 is 1.77. The van der Waals surface area contributed by atoms with Gasteiger partial charge in [-0.2, -0.15) is 5.10 Å². The average molecular weight is 335 g/mol. The second-order valence-corrected chi connectivity index (χ2v) is 6.08. The molecular weight excluding hydrogens is 312 g/mol. The molecule has 0 bridgehead atoms. The van der Waals surface area contributed by atoms with E-state index in [0.717, 1.165) is 30.8 Å². The van der Waals surface area contributed by atoms with Crippen molar-refractivity contribution < 1.29 is 4.79 Å². The molecule has 2 rings (SSSR count). The fourth-order valence-electron chi connectivity index (χ4n) is 2.36. The van der Waals surface area contributed by atoms with Crippen molar-refractivity contribution in [2.75, 3.05) is 27.2 Å². The molecule has 1 N–H and O–H groups in total. The molecule has 5 nitrogen and oxygen atoms in total. The van der Waals surface area contributed by atoms with E-state index in [1.165, 1.54) is 0 Å². The number of likely N-dealkylation sites (N-methyl/N-ethyl adjacent to an activating group) is 1. The Balaban J connectivity index is 2.28. The third kappa shape index (κ3) is 4.33. The number of nitrogens with zero attached hydrogens (tertiary/aromatic N) is 3. The van der Waals surface area contributed by atoms with Crippen LogP contribution in [0.2, 0.25) is 5.02 Å². The molecule has 1 aromatic carbocycles. The van der Waals surface area contributed by atoms with Gasteiger partial charge in [0.25, 0.3) is 5.91 Å². The number of benzene rings is 1. The normalized spacial score (nSPS) is 11.0. The van der Waals surface area contributed by atoms with Gasteiger partial charge in [-0.25, -0.2) is 4.68 Å². The van der Waals surface area contributed by atoms with Gasteiger partial charge in [0.1, 0.15) is 0 Å². The number of halogens is 1. The number of amides is 1. The summed E-state index contributed by atoms with van der Waals surface area (Å²) >= 11 is 6.27. The van der Waals surface area contributed by atoms with Crippen LogP contribution in [0.1, 0.15) is 29.4 Å². The maximum atomic E-state index is 12.4. The van der Waals surface area contributed by atoms with Crippen molar-refractivity contribution >= 4 is 17.5 Å². The Hall–Kier alpha value is -1.85. The van der Waals surface area contributed by atoms with Gasteiger partial charge in [-0.15, -0.1) is 0 Å². The summed E-state index contributed by atoms with van der Waals surface area (Å²) in [5.74, 6) is -0.0893. The summed E-state index contributed by atoms with van der Waals surface area (Å²) in [6, 6.07) is 7.52. The highest BCUT2D eigenvalue weighted by Crippen LogP contribution is 2.23. The van der Waals surface area contributed by atoms with Crippen LogP contribution in [-0.4, -0.2) is 47.8 Å². The lowest BCUT2D eigenvalue weighted by molar-refractivity contribution is 0.0950. The van der Waals surface area contributed by atoms with Gasteiger partial charge in [-0.3, -0.25) is 4.79 Å². The monoisotopic (exact) mass is 334 g/mol. The smallest absolute Gasteiger partial charge is 0.254 e. The number of carbonyl (C=O) groups is 1. The van der Waals surface area contributed by atoms with Crippen LogP contribution in [-0.2, 0) is 6.42 Å². The first-order valence-corrected chi connectivity index (χ1v) is 8.17. The average Bonchev–Trinajstić information content (AvgIpc) is 2.91. The zero-order valence-electron chi connectivity index (χ0n) is 13.8. The molecule has 0 aliphatic carbocycles. The van der Waals surface area contributed by atoms with Gasteiger partial charge in [0.15, 0.2) is 0 Å². The fraction of sp³-hybridized carbons (Fsp3) is 0.412. The molecule has 0 saturated heterocycles. The lowest BCUT2D eigenvalue weighted by atomic mass is 10.1. The quantitative estimate of drug-likeness (QED) is 0.847. The van der Waals surface area contributed by atoms with Crippen LogP contribution in [0.4, 0.5) is 0 Å². The van der Waals surface area contributed by atoms with E-state index in [1.54, 1.807) is 10.9 Å². The fourth-order valence-corrected chi connectivity index (χ4v) is 2.58. The summed E-state index contributed by atoms with van der Waals surface area (Å²) in [6.45, 7) is 3.49. The second kappa shape index (κ2) is 8.13. The van der Waals surface area contributed by atoms with Gasteiger partial charge < -0.3 is 10.2 Å². The van der Waals surface area contributed by atoms with Gasteiger partial charge in [-0.1, -0.05) is 37.1 Å². The van der Waals surface area contributed by atoms with E-state index in [1.807, 2.05) is 43.3 Å². The lowest BCUT2D eigenvalue weighted by Crippen LogP contribution is -2.31. The van der Waals surface area contributed by atoms with Crippen molar-refractivity contribution in [1.82, 2.24) is 20.0 Å². The van der Waals surface area contributed by atoms with Crippen LogP contribution in [0, 0.1) is 0 Å². The summed E-state index contributed by atoms with van der Waals surface area (Å²) in [4.78, 5) is 14.5. The van der Waals surface area contributed by atoms with Crippen molar-refractivity contribution in [2.45, 2.75) is 19.8 Å². The first-order chi connectivity index (χ1) is 11.0. The van der Waals surface area contributed by atoms with Crippen LogP contribution < -0.4 is 5.32 Å². The van der Waals surface area contributed by atoms with Crippen LogP contribution in [0.25, 0.3) is 5.69 Å². The minimum atomic E-state index is -0.0893. The highest BCUT2D eigenvalue weighted by Gasteiger charge is 2.18. The summed E-state index contributed by atoms with van der Waals surface area (Å²) in [5.41, 5.74) is 2.30. The molecule has 0 aliphatic heterocycles. The van der Waals surface area contributed by atoms with Crippen molar-refractivity contribution in [3.63, 3.8) is 0 Å². The van der Waals surface area contributed by atoms with E-state index in [2.05, 4.69) is 17.3 Å². The third-order valence-corrected chi connectivity index (χ3v) is 3.85. The van der Waals surface area contributed by atoms with E-state index >= 15 is 0 Å². The first-order valence-electron chi connectivity index (χ1n) is 7.79. The van der Waals surface area contributed by atoms with Gasteiger partial charge in [0, 0.05) is 13.1 Å². The van der Waals surface area contributed by atoms with Crippen LogP contribution in [0.3, 0.4) is 0 Å². The first kappa shape index (κ1) is 17.5. The molecule has 0 aliphatic rings. The molecule has 23 heavy (non-hydrogen) atoms. The van der Waals surface area contributed by atoms with Crippen LogP contribution in [0.15, 0.2) is 30.5 Å². The molecular formula is C17H23ClN4O. The van der Waals surface area contributed by atoms with Crippen molar-refractivity contribution in [1.29, 1.82) is 0 Å². The molecule has 124 valence electrons. The highest BCUT2D eigenvalue weighted by atomic mass is 35.5. The van der Waals surface area contributed by atoms with Gasteiger partial charge >= 0.3 is 0 Å². The zero-order valence-corrected chi connectivity index (χ0v) is 14.6. The molecule has 0 fully saturated rings. The molecule has 0 saturated carbocycles. The van der Waals surface area contributed by atoms with E-state index in [9.17, 15) is 4.79 Å². The SMILES string of the molecule is CCCc1c(C(=O)NCCN(C)C)cnn1-c1ccccc1Cl. The summed E-state index contributed by atoms with van der Waals surface area (Å²) in [5, 5.41) is 7.95. The predicted octanol–water partition coefficient (Wildman–Crippen LogP) is 2.77. The zero-order chi connectivity index (χ0) is 16.8. The van der Waals surface area contributed by atoms with Crippen LogP contribution >= 0.6 is 11.6 Å². The topological polar surface area (TPSA) is 50.2 Å². The molecule has 0 unspecified atom stereocenters. The molecule has 1 amide bonds. The number of rotatable bonds is 7. The third-order valence-electron chi connectivity index (χ3n) is 3.53. The molecule has 0 atom stereocenters. The number of nitrogens with one attached hydrogen (secondary N) is 1. The van der Waals surface area contributed by atoms with E-state index < -0.39 is 0 Å². The van der Waals surface area contributed by atoms with E-state index in [4.69, 9.17) is 11.6 Å². The maximum Gasteiger partial charge on any atom is 0.254 e. The van der Waals surface area contributed by atoms with Crippen molar-refractivity contribution in [3.8, 4) is 5.69 Å². The van der Waals surface area contributed by atoms with Crippen LogP contribution in [0.5, 0.6) is 0 Å². The highest BCUT2D eigenvalue weighted by molar-refractivity contribution is 6.32. The number of para-hydroxylation sites is 1. The lowest BCUT2D eigenvalue weighted by Gasteiger charge is -2.12. The molecule has 0 radical (unpaired) electrons. The number of aromatic nitrogens is 2. The molecule has 1 heterocycles. The molecule has 0 spiro atoms. The van der Waals surface area contributed by atoms with Gasteiger partial charge in [0.05, 0.1) is 28.2 Å². The Morgan fingerprint density at radius 2 is 2.09 bits per heavy atom. The van der Waals surface area contributed by atoms with Gasteiger partial charge in [-0.05, 0) is 32.6 Å². The minimum Gasteiger partial charge on any atom is -0.351 e. The number of hydrogen-bond donors (Lipinski definition) is 1. The van der Waals surface area contributed by atoms with E-state index in [0.29, 0.717) is 17.1 Å². The Morgan fingerprint density at radius 1 is 1.35 bits per heavy atom. The van der Waals surface area contributed by atoms with Crippen molar-refractivity contribution in [3.05, 3.63) is 46.7 Å². The minimum absolute atomic E-state index is 0.0893. The van der Waals surface area contributed by atoms with E-state index in [-0.39, 0.29) is 5.91 Å². The Bertz CT molecular complexity index is 666. The number of hydrogen-bond acceptors (Lipinski definition) is 3. The summed E-state index contributed by atoms with van der Waals surface area (Å²) in [7, 11) is 3.95. The number of carbonyl (C=O) groups excluding carboxylic acids is 1. The molecule has 2 aromatic rings. The summed E-state index contributed by atoms with van der Waals surface area (Å²) in [6.07, 6.45) is 3.31. The predicted molar refractivity (Wildman–Crippen MR) is 93.5 cm³/mol. The Labute approximate surface area is 142 Å². The second-order valence-electron chi connectivity index (χ2n) is 5.68. The largest absolute Gasteiger partial charge is 0.351 e. The standard InChI is InChI=1S/C17H23ClN4O/c1-4-7-15-13(17(23)19-10-11-21(2)3)12-20-22(15)16-9-6-5-8-14(16)18/h5-6,8-9,12H,4,7,10-11H2,1-3H3,(H,19,23). The van der Waals surface area contributed by atoms with Crippen molar-refractivity contribution in [2.24, 2.45) is 0 Å². The maximum absolute atomic E-state index is 12.4.